The summed E-state index contributed by atoms with van der Waals surface area (Å²) in [7, 11) is 0. The number of amides is 1. The Morgan fingerprint density at radius 2 is 1.37 bits per heavy atom. The fourth-order valence-electron chi connectivity index (χ4n) is 1.45. The van der Waals surface area contributed by atoms with Crippen LogP contribution < -0.4 is 5.32 Å². The van der Waals surface area contributed by atoms with Crippen molar-refractivity contribution in [3.8, 4) is 0 Å². The minimum atomic E-state index is -0.0755. The van der Waals surface area contributed by atoms with Crippen LogP contribution in [0.2, 0.25) is 0 Å². The van der Waals surface area contributed by atoms with Crippen LogP contribution in [0.25, 0.3) is 0 Å². The van der Waals surface area contributed by atoms with Crippen molar-refractivity contribution in [1.82, 2.24) is 0 Å². The summed E-state index contributed by atoms with van der Waals surface area (Å²) in [5, 5.41) is 2.98. The van der Waals surface area contributed by atoms with E-state index in [1.807, 2.05) is 36.4 Å². The summed E-state index contributed by atoms with van der Waals surface area (Å²) < 4.78 is 4.38. The number of hydrogen-bond acceptors (Lipinski definition) is 1. The molecule has 1 amide bonds. The Balaban J connectivity index is 2.26. The fraction of sp³-hybridized carbons (Fsp3) is 0. The Hall–Kier alpha value is 0.830. The van der Waals surface area contributed by atoms with Gasteiger partial charge in [0, 0.05) is 19.8 Å². The molecule has 1 N–H and O–H groups in total. The normalized spacial score (nSPS) is 10.3. The zero-order valence-electron chi connectivity index (χ0n) is 9.38. The molecule has 0 unspecified atom stereocenters. The molecule has 0 atom stereocenters. The van der Waals surface area contributed by atoms with Gasteiger partial charge in [0.25, 0.3) is 5.91 Å². The Kier molecular flexibility index (Phi) is 6.14. The number of benzene rings is 2. The van der Waals surface area contributed by atoms with Crippen molar-refractivity contribution in [3.05, 3.63) is 56.2 Å². The molecule has 0 radical (unpaired) electrons. The molecule has 0 bridgehead atoms. The molecule has 98 valence electrons. The number of carbonyl (C=O) groups excluding carboxylic acids is 1. The number of halogens is 4. The molecule has 6 heteroatoms. The molecular weight excluding hydrogens is 694 g/mol. The smallest absolute Gasteiger partial charge is 0.255 e. The number of nitrogens with one attached hydrogen (secondary N) is 1. The minimum absolute atomic E-state index is 0.0755. The van der Waals surface area contributed by atoms with Crippen LogP contribution >= 0.6 is 90.4 Å². The third-order valence-electron chi connectivity index (χ3n) is 2.35. The zero-order valence-corrected chi connectivity index (χ0v) is 18.0. The fourth-order valence-corrected chi connectivity index (χ4v) is 5.66. The molecule has 0 heterocycles. The van der Waals surface area contributed by atoms with Crippen molar-refractivity contribution < 1.29 is 4.79 Å². The first-order valence-corrected chi connectivity index (χ1v) is 9.50. The van der Waals surface area contributed by atoms with Gasteiger partial charge in [-0.15, -0.1) is 0 Å². The Morgan fingerprint density at radius 1 is 0.842 bits per heavy atom. The van der Waals surface area contributed by atoms with Gasteiger partial charge in [-0.2, -0.15) is 0 Å². The van der Waals surface area contributed by atoms with Crippen molar-refractivity contribution in [1.29, 1.82) is 0 Å². The summed E-state index contributed by atoms with van der Waals surface area (Å²) in [6.45, 7) is 0. The first kappa shape index (κ1) is 16.2. The highest BCUT2D eigenvalue weighted by Gasteiger charge is 2.11. The predicted octanol–water partition coefficient (Wildman–Crippen LogP) is 5.36. The minimum Gasteiger partial charge on any atom is -0.320 e. The standard InChI is InChI=1S/C13H7I4NO/c14-8-3-1-7(2-4-8)13(19)18-12-10(16)5-9(15)6-11(12)17/h1-6H,(H,18,19). The maximum atomic E-state index is 12.2. The second-order valence-electron chi connectivity index (χ2n) is 3.71. The van der Waals surface area contributed by atoms with Gasteiger partial charge in [-0.3, -0.25) is 4.79 Å². The van der Waals surface area contributed by atoms with E-state index < -0.39 is 0 Å². The van der Waals surface area contributed by atoms with E-state index in [4.69, 9.17) is 0 Å². The van der Waals surface area contributed by atoms with Crippen LogP contribution in [0, 0.1) is 14.3 Å². The second-order valence-corrected chi connectivity index (χ2v) is 8.52. The highest BCUT2D eigenvalue weighted by Crippen LogP contribution is 2.27. The monoisotopic (exact) mass is 701 g/mol. The zero-order chi connectivity index (χ0) is 14.0. The Bertz CT molecular complexity index is 602. The number of anilines is 1. The van der Waals surface area contributed by atoms with Gasteiger partial charge in [0.2, 0.25) is 0 Å². The van der Waals surface area contributed by atoms with E-state index in [1.54, 1.807) is 0 Å². The molecule has 2 aromatic rings. The molecule has 0 fully saturated rings. The highest BCUT2D eigenvalue weighted by molar-refractivity contribution is 14.1. The predicted molar refractivity (Wildman–Crippen MR) is 112 cm³/mol. The third-order valence-corrected chi connectivity index (χ3v) is 5.40. The van der Waals surface area contributed by atoms with Crippen LogP contribution in [0.3, 0.4) is 0 Å². The summed E-state index contributed by atoms with van der Waals surface area (Å²) in [6.07, 6.45) is 0. The number of hydrogen-bond donors (Lipinski definition) is 1. The molecule has 0 saturated heterocycles. The van der Waals surface area contributed by atoms with E-state index >= 15 is 0 Å². The SMILES string of the molecule is O=C(Nc1c(I)cc(I)cc1I)c1ccc(I)cc1. The van der Waals surface area contributed by atoms with Crippen LogP contribution in [0.1, 0.15) is 10.4 Å². The van der Waals surface area contributed by atoms with Crippen LogP contribution in [-0.4, -0.2) is 5.91 Å². The van der Waals surface area contributed by atoms with Crippen molar-refractivity contribution >= 4 is 102 Å². The summed E-state index contributed by atoms with van der Waals surface area (Å²) in [5.74, 6) is -0.0755. The summed E-state index contributed by atoms with van der Waals surface area (Å²) in [5.41, 5.74) is 1.55. The maximum absolute atomic E-state index is 12.2. The quantitative estimate of drug-likeness (QED) is 0.421. The molecule has 0 aliphatic carbocycles. The number of rotatable bonds is 2. The van der Waals surface area contributed by atoms with Crippen LogP contribution in [-0.2, 0) is 0 Å². The third kappa shape index (κ3) is 4.40. The van der Waals surface area contributed by atoms with Gasteiger partial charge in [0.05, 0.1) is 5.69 Å². The van der Waals surface area contributed by atoms with E-state index in [0.717, 1.165) is 16.4 Å². The van der Waals surface area contributed by atoms with Crippen LogP contribution in [0.4, 0.5) is 5.69 Å². The van der Waals surface area contributed by atoms with Crippen molar-refractivity contribution in [3.63, 3.8) is 0 Å². The molecular formula is C13H7I4NO. The molecule has 0 spiro atoms. The van der Waals surface area contributed by atoms with Gasteiger partial charge < -0.3 is 5.32 Å². The van der Waals surface area contributed by atoms with Gasteiger partial charge in [-0.1, -0.05) is 0 Å². The van der Waals surface area contributed by atoms with E-state index in [2.05, 4.69) is 95.7 Å². The maximum Gasteiger partial charge on any atom is 0.255 e. The first-order valence-electron chi connectivity index (χ1n) is 5.19. The molecule has 0 aromatic heterocycles. The lowest BCUT2D eigenvalue weighted by molar-refractivity contribution is 0.102. The molecule has 2 aromatic carbocycles. The lowest BCUT2D eigenvalue weighted by atomic mass is 10.2. The molecule has 2 nitrogen and oxygen atoms in total. The first-order chi connectivity index (χ1) is 8.97. The van der Waals surface area contributed by atoms with Crippen molar-refractivity contribution in [2.45, 2.75) is 0 Å². The molecule has 0 aliphatic rings. The average molecular weight is 701 g/mol. The van der Waals surface area contributed by atoms with E-state index in [0.29, 0.717) is 5.56 Å². The van der Waals surface area contributed by atoms with E-state index in [-0.39, 0.29) is 5.91 Å². The second kappa shape index (κ2) is 7.20. The molecule has 2 rings (SSSR count). The van der Waals surface area contributed by atoms with Gasteiger partial charge in [0.1, 0.15) is 0 Å². The largest absolute Gasteiger partial charge is 0.320 e. The summed E-state index contributed by atoms with van der Waals surface area (Å²) in [4.78, 5) is 12.2. The number of carbonyl (C=O) groups is 1. The van der Waals surface area contributed by atoms with E-state index in [1.165, 1.54) is 3.57 Å². The van der Waals surface area contributed by atoms with Gasteiger partial charge in [-0.25, -0.2) is 0 Å². The van der Waals surface area contributed by atoms with Gasteiger partial charge >= 0.3 is 0 Å². The highest BCUT2D eigenvalue weighted by atomic mass is 127. The van der Waals surface area contributed by atoms with Crippen LogP contribution in [0.5, 0.6) is 0 Å². The summed E-state index contributed by atoms with van der Waals surface area (Å²) >= 11 is 8.98. The van der Waals surface area contributed by atoms with Gasteiger partial charge in [-0.05, 0) is 127 Å². The van der Waals surface area contributed by atoms with Crippen LogP contribution in [0.15, 0.2) is 36.4 Å². The van der Waals surface area contributed by atoms with Gasteiger partial charge in [0.15, 0.2) is 0 Å². The Labute approximate surface area is 166 Å². The summed E-state index contributed by atoms with van der Waals surface area (Å²) in [6, 6.07) is 11.6. The van der Waals surface area contributed by atoms with E-state index in [9.17, 15) is 4.79 Å². The van der Waals surface area contributed by atoms with Crippen molar-refractivity contribution in [2.24, 2.45) is 0 Å². The average Bonchev–Trinajstić information content (AvgIpc) is 2.34. The van der Waals surface area contributed by atoms with Crippen molar-refractivity contribution in [2.75, 3.05) is 5.32 Å². The molecule has 0 saturated carbocycles. The molecule has 19 heavy (non-hydrogen) atoms. The Morgan fingerprint density at radius 3 is 1.89 bits per heavy atom. The lowest BCUT2D eigenvalue weighted by Gasteiger charge is -2.10. The lowest BCUT2D eigenvalue weighted by Crippen LogP contribution is -2.14. The molecule has 0 aliphatic heterocycles. The topological polar surface area (TPSA) is 29.1 Å².